The lowest BCUT2D eigenvalue weighted by Gasteiger charge is -2.09. The van der Waals surface area contributed by atoms with Gasteiger partial charge in [-0.15, -0.1) is 0 Å². The number of H-pyrrole nitrogens is 1. The fraction of sp³-hybridized carbons (Fsp3) is 0.250. The van der Waals surface area contributed by atoms with Gasteiger partial charge < -0.3 is 16.0 Å². The maximum atomic E-state index is 5.74. The van der Waals surface area contributed by atoms with Crippen LogP contribution in [-0.2, 0) is 6.42 Å². The van der Waals surface area contributed by atoms with E-state index in [9.17, 15) is 0 Å². The van der Waals surface area contributed by atoms with E-state index in [0.717, 1.165) is 30.0 Å². The summed E-state index contributed by atoms with van der Waals surface area (Å²) in [7, 11) is 0. The first-order valence-corrected chi connectivity index (χ1v) is 5.33. The zero-order chi connectivity index (χ0) is 11.4. The molecule has 0 amide bonds. The standard InChI is InChI=1S/C12H16N4/c1-9-2-3-10(13)6-12(9)15-5-4-11-7-14-8-16-11/h2-3,6-8,15H,4-5,13H2,1H3,(H,14,16). The molecule has 1 heterocycles. The molecule has 84 valence electrons. The third kappa shape index (κ3) is 2.53. The van der Waals surface area contributed by atoms with E-state index in [-0.39, 0.29) is 0 Å². The van der Waals surface area contributed by atoms with Crippen molar-refractivity contribution in [1.29, 1.82) is 0 Å². The van der Waals surface area contributed by atoms with E-state index in [4.69, 9.17) is 5.73 Å². The predicted octanol–water partition coefficient (Wildman–Crippen LogP) is 1.95. The van der Waals surface area contributed by atoms with Gasteiger partial charge in [-0.05, 0) is 24.6 Å². The molecule has 0 fully saturated rings. The molecule has 16 heavy (non-hydrogen) atoms. The number of nitrogen functional groups attached to an aromatic ring is 1. The molecule has 4 N–H and O–H groups in total. The number of aromatic amines is 1. The van der Waals surface area contributed by atoms with E-state index < -0.39 is 0 Å². The molecule has 0 aliphatic carbocycles. The second-order valence-corrected chi connectivity index (χ2v) is 3.83. The third-order valence-electron chi connectivity index (χ3n) is 2.53. The highest BCUT2D eigenvalue weighted by Crippen LogP contribution is 2.17. The number of aromatic nitrogens is 2. The zero-order valence-corrected chi connectivity index (χ0v) is 9.33. The summed E-state index contributed by atoms with van der Waals surface area (Å²) in [6.07, 6.45) is 4.46. The molecule has 0 bridgehead atoms. The molecular formula is C12H16N4. The first-order valence-electron chi connectivity index (χ1n) is 5.33. The van der Waals surface area contributed by atoms with Gasteiger partial charge in [-0.25, -0.2) is 4.98 Å². The van der Waals surface area contributed by atoms with Gasteiger partial charge >= 0.3 is 0 Å². The molecule has 0 saturated heterocycles. The monoisotopic (exact) mass is 216 g/mol. The van der Waals surface area contributed by atoms with Crippen molar-refractivity contribution in [3.8, 4) is 0 Å². The van der Waals surface area contributed by atoms with Crippen molar-refractivity contribution in [3.63, 3.8) is 0 Å². The van der Waals surface area contributed by atoms with Gasteiger partial charge in [-0.2, -0.15) is 0 Å². The van der Waals surface area contributed by atoms with Crippen LogP contribution >= 0.6 is 0 Å². The van der Waals surface area contributed by atoms with E-state index >= 15 is 0 Å². The molecule has 4 nitrogen and oxygen atoms in total. The lowest BCUT2D eigenvalue weighted by molar-refractivity contribution is 0.975. The lowest BCUT2D eigenvalue weighted by atomic mass is 10.2. The summed E-state index contributed by atoms with van der Waals surface area (Å²) in [5.41, 5.74) is 9.96. The summed E-state index contributed by atoms with van der Waals surface area (Å²) in [4.78, 5) is 7.05. The molecule has 0 unspecified atom stereocenters. The number of hydrogen-bond acceptors (Lipinski definition) is 3. The Kier molecular flexibility index (Phi) is 3.10. The van der Waals surface area contributed by atoms with Gasteiger partial charge in [-0.1, -0.05) is 6.07 Å². The summed E-state index contributed by atoms with van der Waals surface area (Å²) in [6.45, 7) is 2.93. The number of nitrogens with two attached hydrogens (primary N) is 1. The average Bonchev–Trinajstić information content (AvgIpc) is 2.76. The highest BCUT2D eigenvalue weighted by molar-refractivity contribution is 5.59. The van der Waals surface area contributed by atoms with Crippen molar-refractivity contribution in [1.82, 2.24) is 9.97 Å². The Morgan fingerprint density at radius 1 is 1.44 bits per heavy atom. The second-order valence-electron chi connectivity index (χ2n) is 3.83. The quantitative estimate of drug-likeness (QED) is 0.684. The molecule has 2 aromatic rings. The Morgan fingerprint density at radius 3 is 3.06 bits per heavy atom. The molecule has 0 radical (unpaired) electrons. The fourth-order valence-electron chi connectivity index (χ4n) is 1.58. The number of imidazole rings is 1. The maximum absolute atomic E-state index is 5.74. The summed E-state index contributed by atoms with van der Waals surface area (Å²) < 4.78 is 0. The van der Waals surface area contributed by atoms with Gasteiger partial charge in [0.25, 0.3) is 0 Å². The average molecular weight is 216 g/mol. The molecule has 0 spiro atoms. The molecule has 4 heteroatoms. The van der Waals surface area contributed by atoms with Crippen LogP contribution in [0.1, 0.15) is 11.3 Å². The summed E-state index contributed by atoms with van der Waals surface area (Å²) in [5, 5.41) is 3.36. The fourth-order valence-corrected chi connectivity index (χ4v) is 1.58. The van der Waals surface area contributed by atoms with Crippen LogP contribution in [0, 0.1) is 6.92 Å². The van der Waals surface area contributed by atoms with Crippen LogP contribution in [0.25, 0.3) is 0 Å². The maximum Gasteiger partial charge on any atom is 0.0921 e. The summed E-state index contributed by atoms with van der Waals surface area (Å²) in [5.74, 6) is 0. The summed E-state index contributed by atoms with van der Waals surface area (Å²) >= 11 is 0. The van der Waals surface area contributed by atoms with E-state index in [1.807, 2.05) is 24.4 Å². The van der Waals surface area contributed by atoms with Gasteiger partial charge in [0.15, 0.2) is 0 Å². The van der Waals surface area contributed by atoms with Crippen LogP contribution < -0.4 is 11.1 Å². The highest BCUT2D eigenvalue weighted by Gasteiger charge is 1.99. The summed E-state index contributed by atoms with van der Waals surface area (Å²) in [6, 6.07) is 5.89. The molecule has 0 saturated carbocycles. The van der Waals surface area contributed by atoms with Crippen molar-refractivity contribution >= 4 is 11.4 Å². The van der Waals surface area contributed by atoms with Crippen molar-refractivity contribution in [3.05, 3.63) is 42.0 Å². The minimum atomic E-state index is 0.787. The minimum Gasteiger partial charge on any atom is -0.399 e. The van der Waals surface area contributed by atoms with Crippen molar-refractivity contribution in [2.45, 2.75) is 13.3 Å². The van der Waals surface area contributed by atoms with Gasteiger partial charge in [0.05, 0.1) is 6.33 Å². The van der Waals surface area contributed by atoms with Gasteiger partial charge in [0.1, 0.15) is 0 Å². The number of hydrogen-bond donors (Lipinski definition) is 3. The van der Waals surface area contributed by atoms with E-state index in [1.165, 1.54) is 5.56 Å². The van der Waals surface area contributed by atoms with Gasteiger partial charge in [0, 0.05) is 36.2 Å². The zero-order valence-electron chi connectivity index (χ0n) is 9.33. The van der Waals surface area contributed by atoms with Crippen LogP contribution in [0.4, 0.5) is 11.4 Å². The molecule has 0 atom stereocenters. The van der Waals surface area contributed by atoms with Crippen molar-refractivity contribution < 1.29 is 0 Å². The second kappa shape index (κ2) is 4.70. The number of nitrogens with zero attached hydrogens (tertiary/aromatic N) is 1. The minimum absolute atomic E-state index is 0.787. The highest BCUT2D eigenvalue weighted by atomic mass is 14.9. The van der Waals surface area contributed by atoms with E-state index in [1.54, 1.807) is 6.33 Å². The predicted molar refractivity (Wildman–Crippen MR) is 66.4 cm³/mol. The van der Waals surface area contributed by atoms with Crippen LogP contribution in [0.5, 0.6) is 0 Å². The number of benzene rings is 1. The normalized spacial score (nSPS) is 10.3. The van der Waals surface area contributed by atoms with Crippen LogP contribution in [0.3, 0.4) is 0 Å². The van der Waals surface area contributed by atoms with Crippen LogP contribution in [0.15, 0.2) is 30.7 Å². The number of anilines is 2. The Morgan fingerprint density at radius 2 is 2.31 bits per heavy atom. The smallest absolute Gasteiger partial charge is 0.0921 e. The van der Waals surface area contributed by atoms with Gasteiger partial charge in [-0.3, -0.25) is 0 Å². The first kappa shape index (κ1) is 10.5. The van der Waals surface area contributed by atoms with Crippen molar-refractivity contribution in [2.24, 2.45) is 0 Å². The van der Waals surface area contributed by atoms with E-state index in [2.05, 4.69) is 22.2 Å². The number of aryl methyl sites for hydroxylation is 1. The van der Waals surface area contributed by atoms with Crippen molar-refractivity contribution in [2.75, 3.05) is 17.6 Å². The first-order chi connectivity index (χ1) is 7.75. The number of nitrogens with one attached hydrogen (secondary N) is 2. The Bertz CT molecular complexity index is 448. The molecule has 0 aliphatic rings. The molecule has 0 aliphatic heterocycles. The molecule has 1 aromatic heterocycles. The third-order valence-corrected chi connectivity index (χ3v) is 2.53. The largest absolute Gasteiger partial charge is 0.399 e. The van der Waals surface area contributed by atoms with Crippen LogP contribution in [0.2, 0.25) is 0 Å². The van der Waals surface area contributed by atoms with Crippen LogP contribution in [-0.4, -0.2) is 16.5 Å². The molecular weight excluding hydrogens is 200 g/mol. The Labute approximate surface area is 94.9 Å². The molecule has 1 aromatic carbocycles. The molecule has 2 rings (SSSR count). The number of rotatable bonds is 4. The van der Waals surface area contributed by atoms with E-state index in [0.29, 0.717) is 0 Å². The lowest BCUT2D eigenvalue weighted by Crippen LogP contribution is -2.06. The Hall–Kier alpha value is -1.97. The Balaban J connectivity index is 1.92. The van der Waals surface area contributed by atoms with Gasteiger partial charge in [0.2, 0.25) is 0 Å². The SMILES string of the molecule is Cc1ccc(N)cc1NCCc1cnc[nH]1. The topological polar surface area (TPSA) is 66.7 Å².